The van der Waals surface area contributed by atoms with Crippen LogP contribution in [-0.2, 0) is 11.3 Å². The van der Waals surface area contributed by atoms with Crippen molar-refractivity contribution in [1.29, 1.82) is 0 Å². The second kappa shape index (κ2) is 6.07. The number of benzene rings is 1. The molecule has 5 nitrogen and oxygen atoms in total. The maximum absolute atomic E-state index is 11.8. The Morgan fingerprint density at radius 2 is 1.95 bits per heavy atom. The van der Waals surface area contributed by atoms with E-state index in [1.54, 1.807) is 24.3 Å². The molecule has 0 spiro atoms. The van der Waals surface area contributed by atoms with Crippen molar-refractivity contribution < 1.29 is 9.53 Å². The Morgan fingerprint density at radius 3 is 2.55 bits per heavy atom. The zero-order valence-corrected chi connectivity index (χ0v) is 12.0. The Kier molecular flexibility index (Phi) is 4.42. The van der Waals surface area contributed by atoms with Gasteiger partial charge in [-0.15, -0.1) is 0 Å². The highest BCUT2D eigenvalue weighted by molar-refractivity contribution is 6.41. The Hall–Kier alpha value is -1.85. The molecule has 0 aliphatic carbocycles. The molecule has 0 atom stereocenters. The molecule has 20 heavy (non-hydrogen) atoms. The van der Waals surface area contributed by atoms with Crippen molar-refractivity contribution >= 4 is 29.2 Å². The van der Waals surface area contributed by atoms with Crippen LogP contribution in [0, 0.1) is 0 Å². The number of esters is 1. The molecule has 0 aliphatic heterocycles. The Bertz CT molecular complexity index is 696. The number of methoxy groups -OCH3 is 1. The molecule has 0 amide bonds. The van der Waals surface area contributed by atoms with Gasteiger partial charge < -0.3 is 4.74 Å². The zero-order valence-electron chi connectivity index (χ0n) is 10.5. The van der Waals surface area contributed by atoms with Gasteiger partial charge in [0, 0.05) is 0 Å². The van der Waals surface area contributed by atoms with E-state index in [4.69, 9.17) is 23.2 Å². The minimum atomic E-state index is -0.462. The first-order valence-corrected chi connectivity index (χ1v) is 6.37. The van der Waals surface area contributed by atoms with E-state index in [-0.39, 0.29) is 16.6 Å². The van der Waals surface area contributed by atoms with E-state index in [1.165, 1.54) is 18.0 Å². The summed E-state index contributed by atoms with van der Waals surface area (Å²) in [6.07, 6.45) is 1.31. The average Bonchev–Trinajstić information content (AvgIpc) is 2.48. The number of carbonyl (C=O) groups is 1. The van der Waals surface area contributed by atoms with Crippen LogP contribution in [0.5, 0.6) is 0 Å². The fourth-order valence-corrected chi connectivity index (χ4v) is 1.87. The van der Waals surface area contributed by atoms with Gasteiger partial charge in [0.1, 0.15) is 5.02 Å². The van der Waals surface area contributed by atoms with Crippen LogP contribution in [0.3, 0.4) is 0 Å². The Labute approximate surface area is 124 Å². The van der Waals surface area contributed by atoms with Gasteiger partial charge in [-0.3, -0.25) is 4.79 Å². The molecular weight excluding hydrogens is 303 g/mol. The van der Waals surface area contributed by atoms with Gasteiger partial charge in [-0.1, -0.05) is 35.3 Å². The van der Waals surface area contributed by atoms with Crippen molar-refractivity contribution in [1.82, 2.24) is 9.78 Å². The van der Waals surface area contributed by atoms with E-state index in [0.717, 1.165) is 5.56 Å². The lowest BCUT2D eigenvalue weighted by molar-refractivity contribution is 0.0600. The number of rotatable bonds is 3. The van der Waals surface area contributed by atoms with Gasteiger partial charge in [-0.2, -0.15) is 5.10 Å². The van der Waals surface area contributed by atoms with Gasteiger partial charge >= 0.3 is 5.97 Å². The summed E-state index contributed by atoms with van der Waals surface area (Å²) in [4.78, 5) is 23.1. The fraction of sp³-hybridized carbons (Fsp3) is 0.154. The summed E-state index contributed by atoms with van der Waals surface area (Å²) in [6.45, 7) is 0.233. The molecule has 2 aromatic rings. The summed E-state index contributed by atoms with van der Waals surface area (Å²) in [5.74, 6) is -0.415. The third-order valence-corrected chi connectivity index (χ3v) is 3.40. The van der Waals surface area contributed by atoms with Crippen molar-refractivity contribution in [2.45, 2.75) is 6.54 Å². The zero-order chi connectivity index (χ0) is 14.7. The lowest BCUT2D eigenvalue weighted by Crippen LogP contribution is -2.23. The second-order valence-corrected chi connectivity index (χ2v) is 4.74. The molecule has 7 heteroatoms. The van der Waals surface area contributed by atoms with Crippen molar-refractivity contribution in [3.05, 3.63) is 62.0 Å². The molecule has 1 aromatic heterocycles. The maximum atomic E-state index is 11.8. The summed E-state index contributed by atoms with van der Waals surface area (Å²) in [7, 11) is 1.31. The molecule has 0 saturated heterocycles. The summed E-state index contributed by atoms with van der Waals surface area (Å²) < 4.78 is 5.80. The van der Waals surface area contributed by atoms with Crippen molar-refractivity contribution in [3.63, 3.8) is 0 Å². The minimum Gasteiger partial charge on any atom is -0.465 e. The van der Waals surface area contributed by atoms with Gasteiger partial charge in [0.2, 0.25) is 0 Å². The third kappa shape index (κ3) is 3.00. The smallest absolute Gasteiger partial charge is 0.337 e. The molecule has 1 aromatic carbocycles. The number of aromatic nitrogens is 2. The lowest BCUT2D eigenvalue weighted by Gasteiger charge is -2.06. The molecule has 0 radical (unpaired) electrons. The lowest BCUT2D eigenvalue weighted by atomic mass is 10.1. The first kappa shape index (κ1) is 14.6. The van der Waals surface area contributed by atoms with Crippen LogP contribution in [0.25, 0.3) is 0 Å². The SMILES string of the molecule is COC(=O)c1ccc(Cn2ncc(Cl)c(Cl)c2=O)cc1. The number of carbonyl (C=O) groups excluding carboxylic acids is 1. The first-order chi connectivity index (χ1) is 9.52. The predicted octanol–water partition coefficient (Wildman–Crippen LogP) is 2.39. The molecule has 0 unspecified atom stereocenters. The quantitative estimate of drug-likeness (QED) is 0.816. The van der Waals surface area contributed by atoms with Gasteiger partial charge in [0.25, 0.3) is 5.56 Å². The van der Waals surface area contributed by atoms with Crippen molar-refractivity contribution in [2.24, 2.45) is 0 Å². The highest BCUT2D eigenvalue weighted by atomic mass is 35.5. The Balaban J connectivity index is 2.25. The van der Waals surface area contributed by atoms with E-state index in [0.29, 0.717) is 5.56 Å². The van der Waals surface area contributed by atoms with E-state index < -0.39 is 11.5 Å². The van der Waals surface area contributed by atoms with Crippen molar-refractivity contribution in [3.8, 4) is 0 Å². The van der Waals surface area contributed by atoms with Gasteiger partial charge in [-0.25, -0.2) is 9.48 Å². The van der Waals surface area contributed by atoms with E-state index in [2.05, 4.69) is 9.84 Å². The van der Waals surface area contributed by atoms with Gasteiger partial charge in [0.15, 0.2) is 0 Å². The average molecular weight is 313 g/mol. The summed E-state index contributed by atoms with van der Waals surface area (Å²) in [6, 6.07) is 6.65. The van der Waals surface area contributed by atoms with Crippen LogP contribution in [0.15, 0.2) is 35.3 Å². The minimum absolute atomic E-state index is 0.0622. The molecule has 2 rings (SSSR count). The maximum Gasteiger partial charge on any atom is 0.337 e. The van der Waals surface area contributed by atoms with Crippen molar-refractivity contribution in [2.75, 3.05) is 7.11 Å². The molecule has 0 aliphatic rings. The van der Waals surface area contributed by atoms with Crippen LogP contribution in [0.1, 0.15) is 15.9 Å². The van der Waals surface area contributed by atoms with E-state index in [1.807, 2.05) is 0 Å². The molecule has 1 heterocycles. The standard InChI is InChI=1S/C13H10Cl2N2O3/c1-20-13(19)9-4-2-8(3-5-9)7-17-12(18)11(15)10(14)6-16-17/h2-6H,7H2,1H3. The fourth-order valence-electron chi connectivity index (χ4n) is 1.59. The number of hydrogen-bond donors (Lipinski definition) is 0. The Morgan fingerprint density at radius 1 is 1.30 bits per heavy atom. The van der Waals surface area contributed by atoms with Crippen LogP contribution >= 0.6 is 23.2 Å². The normalized spacial score (nSPS) is 10.3. The third-order valence-electron chi connectivity index (χ3n) is 2.65. The highest BCUT2D eigenvalue weighted by Crippen LogP contribution is 2.15. The first-order valence-electron chi connectivity index (χ1n) is 5.61. The molecule has 0 saturated carbocycles. The molecule has 0 fully saturated rings. The van der Waals surface area contributed by atoms with Crippen LogP contribution in [0.4, 0.5) is 0 Å². The van der Waals surface area contributed by atoms with E-state index >= 15 is 0 Å². The largest absolute Gasteiger partial charge is 0.465 e. The summed E-state index contributed by atoms with van der Waals surface area (Å²) in [5.41, 5.74) is 0.771. The van der Waals surface area contributed by atoms with Crippen LogP contribution < -0.4 is 5.56 Å². The number of ether oxygens (including phenoxy) is 1. The van der Waals surface area contributed by atoms with Crippen LogP contribution in [-0.4, -0.2) is 22.9 Å². The molecule has 104 valence electrons. The number of halogens is 2. The van der Waals surface area contributed by atoms with Crippen LogP contribution in [0.2, 0.25) is 10.0 Å². The topological polar surface area (TPSA) is 61.2 Å². The highest BCUT2D eigenvalue weighted by Gasteiger charge is 2.09. The monoisotopic (exact) mass is 312 g/mol. The molecular formula is C13H10Cl2N2O3. The predicted molar refractivity (Wildman–Crippen MR) is 75.4 cm³/mol. The summed E-state index contributed by atoms with van der Waals surface area (Å²) >= 11 is 11.5. The number of nitrogens with zero attached hydrogens (tertiary/aromatic N) is 2. The number of hydrogen-bond acceptors (Lipinski definition) is 4. The van der Waals surface area contributed by atoms with E-state index in [9.17, 15) is 9.59 Å². The molecule has 0 N–H and O–H groups in total. The van der Waals surface area contributed by atoms with Gasteiger partial charge in [-0.05, 0) is 17.7 Å². The summed E-state index contributed by atoms with van der Waals surface area (Å²) in [5, 5.41) is 3.96. The van der Waals surface area contributed by atoms with Gasteiger partial charge in [0.05, 0.1) is 30.4 Å². The molecule has 0 bridgehead atoms. The second-order valence-electron chi connectivity index (χ2n) is 3.96.